The number of rotatable bonds is 4. The molecular weight excluding hydrogens is 240 g/mol. The van der Waals surface area contributed by atoms with Gasteiger partial charge in [0, 0.05) is 26.1 Å². The zero-order valence-electron chi connectivity index (χ0n) is 12.2. The van der Waals surface area contributed by atoms with Crippen LogP contribution in [0.5, 0.6) is 0 Å². The molecule has 2 fully saturated rings. The van der Waals surface area contributed by atoms with E-state index in [0.29, 0.717) is 18.9 Å². The predicted molar refractivity (Wildman–Crippen MR) is 74.6 cm³/mol. The third-order valence-corrected chi connectivity index (χ3v) is 4.22. The lowest BCUT2D eigenvalue weighted by Crippen LogP contribution is -2.49. The van der Waals surface area contributed by atoms with Crippen molar-refractivity contribution in [1.82, 2.24) is 9.80 Å². The lowest BCUT2D eigenvalue weighted by molar-refractivity contribution is -0.143. The zero-order valence-corrected chi connectivity index (χ0v) is 12.2. The third kappa shape index (κ3) is 3.48. The maximum atomic E-state index is 12.5. The molecule has 0 spiro atoms. The molecule has 0 saturated carbocycles. The van der Waals surface area contributed by atoms with E-state index in [1.807, 2.05) is 9.80 Å². The predicted octanol–water partition coefficient (Wildman–Crippen LogP) is 2.04. The van der Waals surface area contributed by atoms with Crippen LogP contribution >= 0.6 is 0 Å². The van der Waals surface area contributed by atoms with Gasteiger partial charge in [-0.05, 0) is 38.0 Å². The summed E-state index contributed by atoms with van der Waals surface area (Å²) < 4.78 is 0. The fourth-order valence-corrected chi connectivity index (χ4v) is 3.09. The number of nitrogens with zero attached hydrogens (tertiary/aromatic N) is 2. The molecule has 4 heteroatoms. The molecule has 1 unspecified atom stereocenters. The van der Waals surface area contributed by atoms with Crippen LogP contribution in [0.25, 0.3) is 0 Å². The normalized spacial score (nSPS) is 24.7. The van der Waals surface area contributed by atoms with Gasteiger partial charge in [-0.15, -0.1) is 0 Å². The molecule has 2 aliphatic heterocycles. The summed E-state index contributed by atoms with van der Waals surface area (Å²) in [5.74, 6) is 1.04. The van der Waals surface area contributed by atoms with Gasteiger partial charge in [-0.25, -0.2) is 0 Å². The molecule has 0 radical (unpaired) electrons. The van der Waals surface area contributed by atoms with Crippen molar-refractivity contribution in [2.45, 2.75) is 58.4 Å². The van der Waals surface area contributed by atoms with Gasteiger partial charge in [-0.3, -0.25) is 9.59 Å². The Morgan fingerprint density at radius 1 is 1.21 bits per heavy atom. The van der Waals surface area contributed by atoms with E-state index in [-0.39, 0.29) is 17.9 Å². The summed E-state index contributed by atoms with van der Waals surface area (Å²) in [6, 6.07) is -0.164. The van der Waals surface area contributed by atoms with Crippen LogP contribution in [0.4, 0.5) is 0 Å². The monoisotopic (exact) mass is 266 g/mol. The molecule has 0 N–H and O–H groups in total. The first-order valence-corrected chi connectivity index (χ1v) is 7.68. The Hall–Kier alpha value is -1.06. The standard InChI is InChI=1S/C15H26N2O2/c1-12(2)6-5-9-16-11-8-14(18)17-10-4-3-7-13(17)15(16)19/h12-13H,3-11H2,1-2H3. The first kappa shape index (κ1) is 14.4. The first-order chi connectivity index (χ1) is 9.09. The molecule has 2 saturated heterocycles. The lowest BCUT2D eigenvalue weighted by atomic mass is 10.0. The van der Waals surface area contributed by atoms with Gasteiger partial charge in [0.15, 0.2) is 0 Å². The molecule has 1 atom stereocenters. The van der Waals surface area contributed by atoms with Gasteiger partial charge < -0.3 is 9.80 Å². The van der Waals surface area contributed by atoms with Crippen molar-refractivity contribution >= 4 is 11.8 Å². The van der Waals surface area contributed by atoms with E-state index in [9.17, 15) is 9.59 Å². The lowest BCUT2D eigenvalue weighted by Gasteiger charge is -2.34. The molecule has 108 valence electrons. The Kier molecular flexibility index (Phi) is 4.83. The summed E-state index contributed by atoms with van der Waals surface area (Å²) in [5.41, 5.74) is 0. The van der Waals surface area contributed by atoms with Gasteiger partial charge in [0.25, 0.3) is 0 Å². The van der Waals surface area contributed by atoms with Gasteiger partial charge in [-0.1, -0.05) is 13.8 Å². The number of fused-ring (bicyclic) bond motifs is 1. The average molecular weight is 266 g/mol. The first-order valence-electron chi connectivity index (χ1n) is 7.68. The van der Waals surface area contributed by atoms with Crippen LogP contribution in [-0.2, 0) is 9.59 Å². The second kappa shape index (κ2) is 6.40. The molecule has 19 heavy (non-hydrogen) atoms. The molecule has 4 nitrogen and oxygen atoms in total. The van der Waals surface area contributed by atoms with Gasteiger partial charge in [0.1, 0.15) is 6.04 Å². The van der Waals surface area contributed by atoms with Crippen molar-refractivity contribution in [2.75, 3.05) is 19.6 Å². The van der Waals surface area contributed by atoms with E-state index in [1.54, 1.807) is 0 Å². The number of piperidine rings is 1. The molecule has 0 aliphatic carbocycles. The van der Waals surface area contributed by atoms with Crippen LogP contribution < -0.4 is 0 Å². The second-order valence-corrected chi connectivity index (χ2v) is 6.21. The largest absolute Gasteiger partial charge is 0.340 e. The number of carbonyl (C=O) groups is 2. The highest BCUT2D eigenvalue weighted by Crippen LogP contribution is 2.23. The molecule has 2 amide bonds. The summed E-state index contributed by atoms with van der Waals surface area (Å²) >= 11 is 0. The quantitative estimate of drug-likeness (QED) is 0.781. The summed E-state index contributed by atoms with van der Waals surface area (Å²) in [5, 5.41) is 0. The van der Waals surface area contributed by atoms with Crippen molar-refractivity contribution in [3.8, 4) is 0 Å². The van der Waals surface area contributed by atoms with Gasteiger partial charge in [0.2, 0.25) is 11.8 Å². The van der Waals surface area contributed by atoms with E-state index in [0.717, 1.165) is 45.2 Å². The SMILES string of the molecule is CC(C)CCCN1CCC(=O)N2CCCCC2C1=O. The Bertz CT molecular complexity index is 341. The molecule has 0 bridgehead atoms. The van der Waals surface area contributed by atoms with Crippen LogP contribution in [-0.4, -0.2) is 47.3 Å². The molecule has 0 aromatic rings. The highest BCUT2D eigenvalue weighted by Gasteiger charge is 2.37. The summed E-state index contributed by atoms with van der Waals surface area (Å²) in [7, 11) is 0. The van der Waals surface area contributed by atoms with E-state index in [1.165, 1.54) is 0 Å². The minimum Gasteiger partial charge on any atom is -0.340 e. The summed E-state index contributed by atoms with van der Waals surface area (Å²) in [6.07, 6.45) is 5.66. The fraction of sp³-hybridized carbons (Fsp3) is 0.867. The number of hydrogen-bond donors (Lipinski definition) is 0. The van der Waals surface area contributed by atoms with E-state index in [2.05, 4.69) is 13.8 Å². The number of carbonyl (C=O) groups excluding carboxylic acids is 2. The summed E-state index contributed by atoms with van der Waals surface area (Å²) in [6.45, 7) is 6.61. The van der Waals surface area contributed by atoms with E-state index in [4.69, 9.17) is 0 Å². The highest BCUT2D eigenvalue weighted by atomic mass is 16.2. The fourth-order valence-electron chi connectivity index (χ4n) is 3.09. The van der Waals surface area contributed by atoms with Crippen LogP contribution in [0.1, 0.15) is 52.4 Å². The van der Waals surface area contributed by atoms with Gasteiger partial charge in [0.05, 0.1) is 0 Å². The maximum absolute atomic E-state index is 12.5. The van der Waals surface area contributed by atoms with Crippen LogP contribution in [0.15, 0.2) is 0 Å². The Morgan fingerprint density at radius 3 is 2.74 bits per heavy atom. The Morgan fingerprint density at radius 2 is 2.00 bits per heavy atom. The summed E-state index contributed by atoms with van der Waals surface area (Å²) in [4.78, 5) is 28.4. The Labute approximate surface area is 116 Å². The minimum absolute atomic E-state index is 0.164. The van der Waals surface area contributed by atoms with Gasteiger partial charge >= 0.3 is 0 Å². The van der Waals surface area contributed by atoms with Crippen LogP contribution in [0.3, 0.4) is 0 Å². The zero-order chi connectivity index (χ0) is 13.8. The molecule has 0 aromatic heterocycles. The van der Waals surface area contributed by atoms with Gasteiger partial charge in [-0.2, -0.15) is 0 Å². The highest BCUT2D eigenvalue weighted by molar-refractivity contribution is 5.90. The van der Waals surface area contributed by atoms with Crippen molar-refractivity contribution in [1.29, 1.82) is 0 Å². The molecule has 2 aliphatic rings. The molecule has 0 aromatic carbocycles. The Balaban J connectivity index is 1.97. The van der Waals surface area contributed by atoms with Crippen molar-refractivity contribution in [3.63, 3.8) is 0 Å². The van der Waals surface area contributed by atoms with Crippen molar-refractivity contribution in [2.24, 2.45) is 5.92 Å². The average Bonchev–Trinajstić information content (AvgIpc) is 2.51. The topological polar surface area (TPSA) is 40.6 Å². The second-order valence-electron chi connectivity index (χ2n) is 6.21. The number of amides is 2. The number of hydrogen-bond acceptors (Lipinski definition) is 2. The third-order valence-electron chi connectivity index (χ3n) is 4.22. The molecule has 2 heterocycles. The van der Waals surface area contributed by atoms with Crippen LogP contribution in [0, 0.1) is 5.92 Å². The maximum Gasteiger partial charge on any atom is 0.245 e. The van der Waals surface area contributed by atoms with Crippen molar-refractivity contribution < 1.29 is 9.59 Å². The van der Waals surface area contributed by atoms with E-state index >= 15 is 0 Å². The smallest absolute Gasteiger partial charge is 0.245 e. The molecule has 2 rings (SSSR count). The van der Waals surface area contributed by atoms with E-state index < -0.39 is 0 Å². The molecular formula is C15H26N2O2. The minimum atomic E-state index is -0.164. The van der Waals surface area contributed by atoms with Crippen LogP contribution in [0.2, 0.25) is 0 Å². The van der Waals surface area contributed by atoms with Crippen molar-refractivity contribution in [3.05, 3.63) is 0 Å².